The van der Waals surface area contributed by atoms with Gasteiger partial charge >= 0.3 is 5.97 Å². The molecule has 1 saturated carbocycles. The molecule has 0 amide bonds. The van der Waals surface area contributed by atoms with Crippen LogP contribution < -0.4 is 0 Å². The first-order valence-electron chi connectivity index (χ1n) is 6.00. The highest BCUT2D eigenvalue weighted by Crippen LogP contribution is 2.45. The second-order valence-electron chi connectivity index (χ2n) is 5.08. The second kappa shape index (κ2) is 3.42. The Kier molecular flexibility index (Phi) is 2.12. The van der Waals surface area contributed by atoms with E-state index in [2.05, 4.69) is 6.07 Å². The predicted molar refractivity (Wildman–Crippen MR) is 62.0 cm³/mol. The molecule has 2 aliphatic rings. The maximum atomic E-state index is 11.5. The molecule has 88 valence electrons. The number of carbonyl (C=O) groups is 2. The van der Waals surface area contributed by atoms with E-state index < -0.39 is 11.4 Å². The smallest absolute Gasteiger partial charge is 0.315 e. The van der Waals surface area contributed by atoms with E-state index in [1.54, 1.807) is 0 Å². The Morgan fingerprint density at radius 1 is 1.24 bits per heavy atom. The number of benzene rings is 1. The average Bonchev–Trinajstić information content (AvgIpc) is 2.71. The summed E-state index contributed by atoms with van der Waals surface area (Å²) in [5, 5.41) is 9.43. The lowest BCUT2D eigenvalue weighted by Crippen LogP contribution is -2.48. The summed E-state index contributed by atoms with van der Waals surface area (Å²) in [5.41, 5.74) is 2.41. The summed E-state index contributed by atoms with van der Waals surface area (Å²) in [6, 6.07) is 5.89. The highest BCUT2D eigenvalue weighted by Gasteiger charge is 2.52. The fourth-order valence-electron chi connectivity index (χ4n) is 3.15. The maximum Gasteiger partial charge on any atom is 0.315 e. The molecule has 17 heavy (non-hydrogen) atoms. The van der Waals surface area contributed by atoms with Gasteiger partial charge in [0.15, 0.2) is 0 Å². The Bertz CT molecular complexity index is 508. The molecular formula is C14H14O3. The Balaban J connectivity index is 2.12. The highest BCUT2D eigenvalue weighted by atomic mass is 16.4. The molecule has 2 aliphatic carbocycles. The van der Waals surface area contributed by atoms with Gasteiger partial charge in [-0.2, -0.15) is 0 Å². The van der Waals surface area contributed by atoms with Crippen molar-refractivity contribution in [3.63, 3.8) is 0 Å². The van der Waals surface area contributed by atoms with E-state index in [1.807, 2.05) is 12.1 Å². The van der Waals surface area contributed by atoms with Gasteiger partial charge < -0.3 is 5.11 Å². The molecule has 3 rings (SSSR count). The molecule has 0 aromatic heterocycles. The summed E-state index contributed by atoms with van der Waals surface area (Å²) in [6.45, 7) is 0. The van der Waals surface area contributed by atoms with Crippen molar-refractivity contribution in [2.45, 2.75) is 37.5 Å². The van der Waals surface area contributed by atoms with E-state index in [9.17, 15) is 14.7 Å². The number of aliphatic carboxylic acids is 1. The topological polar surface area (TPSA) is 54.4 Å². The second-order valence-corrected chi connectivity index (χ2v) is 5.08. The van der Waals surface area contributed by atoms with E-state index in [0.29, 0.717) is 0 Å². The van der Waals surface area contributed by atoms with Gasteiger partial charge in [0.25, 0.3) is 0 Å². The summed E-state index contributed by atoms with van der Waals surface area (Å²) in [4.78, 5) is 22.7. The first kappa shape index (κ1) is 10.5. The molecule has 0 atom stereocenters. The van der Waals surface area contributed by atoms with Crippen molar-refractivity contribution in [1.29, 1.82) is 0 Å². The Hall–Kier alpha value is -1.64. The lowest BCUT2D eigenvalue weighted by Gasteiger charge is -2.38. The Morgan fingerprint density at radius 2 is 2.00 bits per heavy atom. The van der Waals surface area contributed by atoms with E-state index in [4.69, 9.17) is 0 Å². The summed E-state index contributed by atoms with van der Waals surface area (Å²) < 4.78 is 0. The zero-order valence-electron chi connectivity index (χ0n) is 9.53. The van der Waals surface area contributed by atoms with Crippen molar-refractivity contribution in [2.75, 3.05) is 0 Å². The minimum absolute atomic E-state index is 0.0583. The number of carboxylic acid groups (broad SMARTS) is 1. The largest absolute Gasteiger partial charge is 0.481 e. The highest BCUT2D eigenvalue weighted by molar-refractivity contribution is 6.01. The molecule has 0 aliphatic heterocycles. The van der Waals surface area contributed by atoms with E-state index in [0.717, 1.165) is 24.8 Å². The van der Waals surface area contributed by atoms with Gasteiger partial charge in [-0.1, -0.05) is 18.2 Å². The first-order valence-corrected chi connectivity index (χ1v) is 6.00. The lowest BCUT2D eigenvalue weighted by molar-refractivity contribution is -0.153. The predicted octanol–water partition coefficient (Wildman–Crippen LogP) is 1.86. The van der Waals surface area contributed by atoms with Crippen LogP contribution in [-0.2, 0) is 27.8 Å². The average molecular weight is 230 g/mol. The molecule has 1 aromatic carbocycles. The number of carbonyl (C=O) groups excluding carboxylic acids is 1. The number of rotatable bonds is 2. The van der Waals surface area contributed by atoms with Crippen molar-refractivity contribution in [3.8, 4) is 0 Å². The number of ketones is 1. The third-order valence-electron chi connectivity index (χ3n) is 4.07. The molecule has 0 bridgehead atoms. The molecule has 1 aromatic rings. The standard InChI is InChI=1S/C14H14O3/c15-10-7-14(8-10,13(16)17)12-6-2-4-9-3-1-5-11(9)12/h2,4,6H,1,3,5,7-8H2,(H,16,17). The van der Waals surface area contributed by atoms with Crippen molar-refractivity contribution in [2.24, 2.45) is 0 Å². The summed E-state index contributed by atoms with van der Waals surface area (Å²) in [5.74, 6) is -0.791. The van der Waals surface area contributed by atoms with Crippen LogP contribution in [0.5, 0.6) is 0 Å². The Labute approximate surface area is 99.5 Å². The van der Waals surface area contributed by atoms with Gasteiger partial charge in [-0.25, -0.2) is 0 Å². The van der Waals surface area contributed by atoms with Gasteiger partial charge in [0, 0.05) is 12.8 Å². The fraction of sp³-hybridized carbons (Fsp3) is 0.429. The molecular weight excluding hydrogens is 216 g/mol. The van der Waals surface area contributed by atoms with Crippen molar-refractivity contribution >= 4 is 11.8 Å². The van der Waals surface area contributed by atoms with Crippen LogP contribution in [0.4, 0.5) is 0 Å². The minimum Gasteiger partial charge on any atom is -0.481 e. The molecule has 3 heteroatoms. The van der Waals surface area contributed by atoms with Crippen LogP contribution in [0, 0.1) is 0 Å². The van der Waals surface area contributed by atoms with Crippen molar-refractivity contribution in [3.05, 3.63) is 34.9 Å². The van der Waals surface area contributed by atoms with Crippen LogP contribution >= 0.6 is 0 Å². The monoisotopic (exact) mass is 230 g/mol. The number of Topliss-reactive ketones (excluding diaryl/α,β-unsaturated/α-hetero) is 1. The van der Waals surface area contributed by atoms with Crippen LogP contribution in [0.25, 0.3) is 0 Å². The number of hydrogen-bond acceptors (Lipinski definition) is 2. The zero-order valence-corrected chi connectivity index (χ0v) is 9.53. The van der Waals surface area contributed by atoms with Crippen molar-refractivity contribution in [1.82, 2.24) is 0 Å². The van der Waals surface area contributed by atoms with E-state index in [-0.39, 0.29) is 18.6 Å². The fourth-order valence-corrected chi connectivity index (χ4v) is 3.15. The third kappa shape index (κ3) is 1.35. The molecule has 0 heterocycles. The Morgan fingerprint density at radius 3 is 2.65 bits per heavy atom. The van der Waals surface area contributed by atoms with Crippen LogP contribution in [0.15, 0.2) is 18.2 Å². The quantitative estimate of drug-likeness (QED) is 0.843. The van der Waals surface area contributed by atoms with Gasteiger partial charge in [-0.05, 0) is 36.0 Å². The first-order chi connectivity index (χ1) is 8.13. The van der Waals surface area contributed by atoms with E-state index in [1.165, 1.54) is 11.1 Å². The molecule has 0 unspecified atom stereocenters. The third-order valence-corrected chi connectivity index (χ3v) is 4.07. The number of carboxylic acids is 1. The van der Waals surface area contributed by atoms with Gasteiger partial charge in [0.1, 0.15) is 11.2 Å². The van der Waals surface area contributed by atoms with Crippen LogP contribution in [0.1, 0.15) is 36.0 Å². The van der Waals surface area contributed by atoms with Gasteiger partial charge in [0.05, 0.1) is 0 Å². The van der Waals surface area contributed by atoms with Gasteiger partial charge in [-0.15, -0.1) is 0 Å². The maximum absolute atomic E-state index is 11.5. The molecule has 1 N–H and O–H groups in total. The van der Waals surface area contributed by atoms with Crippen LogP contribution in [0.3, 0.4) is 0 Å². The van der Waals surface area contributed by atoms with Crippen LogP contribution in [0.2, 0.25) is 0 Å². The van der Waals surface area contributed by atoms with E-state index >= 15 is 0 Å². The van der Waals surface area contributed by atoms with Gasteiger partial charge in [0.2, 0.25) is 0 Å². The number of fused-ring (bicyclic) bond motifs is 1. The lowest BCUT2D eigenvalue weighted by atomic mass is 9.62. The molecule has 0 spiro atoms. The molecule has 0 radical (unpaired) electrons. The zero-order chi connectivity index (χ0) is 12.0. The van der Waals surface area contributed by atoms with Crippen LogP contribution in [-0.4, -0.2) is 16.9 Å². The minimum atomic E-state index is -0.924. The molecule has 0 saturated heterocycles. The van der Waals surface area contributed by atoms with Crippen molar-refractivity contribution < 1.29 is 14.7 Å². The summed E-state index contributed by atoms with van der Waals surface area (Å²) >= 11 is 0. The number of hydrogen-bond donors (Lipinski definition) is 1. The molecule has 1 fully saturated rings. The number of aryl methyl sites for hydroxylation is 1. The summed E-state index contributed by atoms with van der Waals surface area (Å²) in [7, 11) is 0. The summed E-state index contributed by atoms with van der Waals surface area (Å²) in [6.07, 6.45) is 3.41. The molecule has 3 nitrogen and oxygen atoms in total. The SMILES string of the molecule is O=C1CC(C(=O)O)(c2cccc3c2CCC3)C1. The van der Waals surface area contributed by atoms with Gasteiger partial charge in [-0.3, -0.25) is 9.59 Å². The normalized spacial score (nSPS) is 20.8.